The maximum Gasteiger partial charge on any atom is 0.271 e. The van der Waals surface area contributed by atoms with Crippen molar-refractivity contribution in [2.45, 2.75) is 28.2 Å². The van der Waals surface area contributed by atoms with Gasteiger partial charge >= 0.3 is 0 Å². The van der Waals surface area contributed by atoms with E-state index in [1.165, 1.54) is 0 Å². The molecule has 39 heavy (non-hydrogen) atoms. The van der Waals surface area contributed by atoms with Gasteiger partial charge in [0.05, 0.1) is 28.5 Å². The molecule has 7 rings (SSSR count). The van der Waals surface area contributed by atoms with E-state index >= 15 is 0 Å². The number of halogens is 1. The largest absolute Gasteiger partial charge is 0.478 e. The van der Waals surface area contributed by atoms with Crippen molar-refractivity contribution in [3.8, 4) is 11.4 Å². The van der Waals surface area contributed by atoms with E-state index in [0.29, 0.717) is 17.2 Å². The molecule has 6 nitrogen and oxygen atoms in total. The van der Waals surface area contributed by atoms with Crippen LogP contribution >= 0.6 is 23.4 Å². The highest BCUT2D eigenvalue weighted by Crippen LogP contribution is 2.59. The molecule has 0 spiro atoms. The van der Waals surface area contributed by atoms with Gasteiger partial charge in [0, 0.05) is 9.92 Å². The monoisotopic (exact) mass is 550 g/mol. The summed E-state index contributed by atoms with van der Waals surface area (Å²) >= 11 is 8.01. The number of ether oxygens (including phenoxy) is 1. The molecule has 2 aliphatic rings. The number of hydrogen-bond acceptors (Lipinski definition) is 5. The summed E-state index contributed by atoms with van der Waals surface area (Å²) < 4.78 is 6.47. The van der Waals surface area contributed by atoms with Crippen LogP contribution in [0.5, 0.6) is 5.75 Å². The average Bonchev–Trinajstić information content (AvgIpc) is 3.43. The molecule has 5 aromatic rings. The molecule has 3 unspecified atom stereocenters. The minimum Gasteiger partial charge on any atom is -0.478 e. The number of para-hydroxylation sites is 3. The lowest BCUT2D eigenvalue weighted by Gasteiger charge is -2.56. The maximum atomic E-state index is 13.9. The lowest BCUT2D eigenvalue weighted by Crippen LogP contribution is -2.74. The number of β-lactam (4-membered cyclic amide) rings is 1. The van der Waals surface area contributed by atoms with E-state index in [-0.39, 0.29) is 11.2 Å². The predicted octanol–water partition coefficient (Wildman–Crippen LogP) is 6.85. The van der Waals surface area contributed by atoms with Crippen LogP contribution < -0.4 is 9.64 Å². The van der Waals surface area contributed by atoms with Gasteiger partial charge in [0.25, 0.3) is 5.91 Å². The Kier molecular flexibility index (Phi) is 5.90. The molecule has 3 atom stereocenters. The van der Waals surface area contributed by atoms with Crippen molar-refractivity contribution in [3.63, 3.8) is 0 Å². The summed E-state index contributed by atoms with van der Waals surface area (Å²) in [5, 5.41) is 10.0. The highest BCUT2D eigenvalue weighted by molar-refractivity contribution is 7.99. The van der Waals surface area contributed by atoms with E-state index in [9.17, 15) is 4.79 Å². The summed E-state index contributed by atoms with van der Waals surface area (Å²) in [6.45, 7) is 0. The fraction of sp³-hybridized carbons (Fsp3) is 0.129. The average molecular weight is 551 g/mol. The summed E-state index contributed by atoms with van der Waals surface area (Å²) in [5.41, 5.74) is 2.78. The van der Waals surface area contributed by atoms with Crippen molar-refractivity contribution >= 4 is 35.0 Å². The number of aromatic nitrogens is 3. The zero-order chi connectivity index (χ0) is 26.4. The van der Waals surface area contributed by atoms with Crippen molar-refractivity contribution in [1.29, 1.82) is 0 Å². The van der Waals surface area contributed by atoms with Crippen LogP contribution in [0.25, 0.3) is 5.69 Å². The summed E-state index contributed by atoms with van der Waals surface area (Å²) in [6, 6.07) is 35.2. The second-order valence-corrected chi connectivity index (χ2v) is 11.3. The molecule has 0 N–H and O–H groups in total. The first-order valence-corrected chi connectivity index (χ1v) is 13.9. The lowest BCUT2D eigenvalue weighted by molar-refractivity contribution is -0.142. The van der Waals surface area contributed by atoms with Crippen molar-refractivity contribution in [3.05, 3.63) is 132 Å². The van der Waals surface area contributed by atoms with Gasteiger partial charge < -0.3 is 4.74 Å². The molecule has 192 valence electrons. The molecule has 0 radical (unpaired) electrons. The van der Waals surface area contributed by atoms with Gasteiger partial charge in [-0.15, -0.1) is 11.8 Å². The predicted molar refractivity (Wildman–Crippen MR) is 152 cm³/mol. The summed E-state index contributed by atoms with van der Waals surface area (Å²) in [5.74, 6) is 0.580. The van der Waals surface area contributed by atoms with Crippen LogP contribution in [0, 0.1) is 0 Å². The summed E-state index contributed by atoms with van der Waals surface area (Å²) in [7, 11) is 0. The minimum atomic E-state index is -0.779. The highest BCUT2D eigenvalue weighted by Gasteiger charge is 2.65. The summed E-state index contributed by atoms with van der Waals surface area (Å²) in [6.07, 6.45) is 1.68. The Morgan fingerprint density at radius 2 is 1.56 bits per heavy atom. The van der Waals surface area contributed by atoms with Gasteiger partial charge in [-0.3, -0.25) is 9.69 Å². The summed E-state index contributed by atoms with van der Waals surface area (Å²) in [4.78, 5) is 18.5. The van der Waals surface area contributed by atoms with Gasteiger partial charge in [-0.05, 0) is 60.5 Å². The first-order valence-electron chi connectivity index (χ1n) is 12.7. The van der Waals surface area contributed by atoms with Crippen LogP contribution in [-0.2, 0) is 10.3 Å². The Morgan fingerprint density at radius 3 is 2.33 bits per heavy atom. The third-order valence-corrected chi connectivity index (χ3v) is 8.86. The van der Waals surface area contributed by atoms with E-state index in [1.54, 1.807) is 16.6 Å². The molecule has 1 amide bonds. The number of thioether (sulfide) groups is 1. The Hall–Kier alpha value is -4.07. The zero-order valence-corrected chi connectivity index (χ0v) is 22.3. The molecule has 0 saturated carbocycles. The van der Waals surface area contributed by atoms with Crippen LogP contribution in [0.3, 0.4) is 0 Å². The van der Waals surface area contributed by atoms with Crippen molar-refractivity contribution in [1.82, 2.24) is 15.0 Å². The number of carbonyl (C=O) groups excluding carboxylic acids is 1. The topological polar surface area (TPSA) is 60.2 Å². The van der Waals surface area contributed by atoms with Gasteiger partial charge in [-0.2, -0.15) is 15.0 Å². The number of amides is 1. The van der Waals surface area contributed by atoms with E-state index in [4.69, 9.17) is 21.4 Å². The van der Waals surface area contributed by atoms with Crippen LogP contribution in [-0.4, -0.2) is 27.0 Å². The van der Waals surface area contributed by atoms with E-state index in [0.717, 1.165) is 27.5 Å². The van der Waals surface area contributed by atoms with Gasteiger partial charge in [-0.25, -0.2) is 0 Å². The fourth-order valence-electron chi connectivity index (χ4n) is 5.51. The van der Waals surface area contributed by atoms with Gasteiger partial charge in [0.15, 0.2) is 0 Å². The Morgan fingerprint density at radius 1 is 0.872 bits per heavy atom. The van der Waals surface area contributed by atoms with E-state index < -0.39 is 11.6 Å². The smallest absolute Gasteiger partial charge is 0.271 e. The third kappa shape index (κ3) is 4.01. The quantitative estimate of drug-likeness (QED) is 0.224. The molecule has 1 saturated heterocycles. The molecule has 4 aromatic carbocycles. The van der Waals surface area contributed by atoms with Crippen molar-refractivity contribution in [2.24, 2.45) is 0 Å². The lowest BCUT2D eigenvalue weighted by atomic mass is 9.71. The first kappa shape index (κ1) is 24.0. The molecule has 1 fully saturated rings. The van der Waals surface area contributed by atoms with Crippen LogP contribution in [0.15, 0.2) is 120 Å². The number of hydrogen-bond donors (Lipinski definition) is 0. The SMILES string of the molecule is O=C1C(Oc2ccccc2)C2(c3ccc(Cl)cc3)CC(c3cnn(-c4ccccc4)n3)Sc3ccccc3N12. The zero-order valence-electron chi connectivity index (χ0n) is 20.7. The number of carbonyl (C=O) groups is 1. The molecule has 2 aliphatic heterocycles. The molecule has 8 heteroatoms. The van der Waals surface area contributed by atoms with Crippen molar-refractivity contribution < 1.29 is 9.53 Å². The number of fused-ring (bicyclic) bond motifs is 3. The molecule has 3 heterocycles. The Bertz CT molecular complexity index is 1640. The number of benzene rings is 4. The minimum absolute atomic E-state index is 0.0737. The molecule has 1 aromatic heterocycles. The molecule has 0 aliphatic carbocycles. The molecular weight excluding hydrogens is 528 g/mol. The number of rotatable bonds is 5. The second kappa shape index (κ2) is 9.59. The van der Waals surface area contributed by atoms with Crippen LogP contribution in [0.1, 0.15) is 22.9 Å². The third-order valence-electron chi connectivity index (χ3n) is 7.32. The normalized spacial score (nSPS) is 21.9. The van der Waals surface area contributed by atoms with Gasteiger partial charge in [0.1, 0.15) is 11.3 Å². The highest BCUT2D eigenvalue weighted by atomic mass is 35.5. The first-order chi connectivity index (χ1) is 19.1. The molecule has 0 bridgehead atoms. The second-order valence-electron chi connectivity index (χ2n) is 9.59. The van der Waals surface area contributed by atoms with E-state index in [2.05, 4.69) is 11.2 Å². The molecular formula is C31H23ClN4O2S. The van der Waals surface area contributed by atoms with Crippen LogP contribution in [0.2, 0.25) is 5.02 Å². The number of nitrogens with zero attached hydrogens (tertiary/aromatic N) is 4. The van der Waals surface area contributed by atoms with Crippen molar-refractivity contribution in [2.75, 3.05) is 4.90 Å². The fourth-order valence-corrected chi connectivity index (χ4v) is 6.95. The Balaban J connectivity index is 1.38. The van der Waals surface area contributed by atoms with E-state index in [1.807, 2.05) is 114 Å². The number of anilines is 1. The Labute approximate surface area is 235 Å². The standard InChI is InChI=1S/C31H23ClN4O2S/c32-22-17-15-21(16-18-22)31-19-28(25-20-33-36(34-25)23-9-3-1-4-10-23)39-27-14-8-7-13-26(27)35(31)30(37)29(31)38-24-11-5-2-6-12-24/h1-18,20,28-29H,19H2. The van der Waals surface area contributed by atoms with Gasteiger partial charge in [-0.1, -0.05) is 72.3 Å². The van der Waals surface area contributed by atoms with Crippen LogP contribution in [0.4, 0.5) is 5.69 Å². The van der Waals surface area contributed by atoms with Gasteiger partial charge in [0.2, 0.25) is 6.10 Å². The maximum absolute atomic E-state index is 13.9.